The van der Waals surface area contributed by atoms with Crippen LogP contribution in [-0.2, 0) is 0 Å². The standard InChI is InChI=1S/C19H18N6O2/c26-19-24(12-5-6-12)16-17(21-8-7-20-16)25(19)13-9-11(10-13)22-18-23-14-3-1-2-4-15(14)27-18/h1-4,7-8,11-13H,5-6,9-10H2,(H,22,23)/t11-,13-. The van der Waals surface area contributed by atoms with E-state index in [9.17, 15) is 4.79 Å². The van der Waals surface area contributed by atoms with Crippen LogP contribution in [0.4, 0.5) is 6.01 Å². The molecule has 2 aliphatic rings. The SMILES string of the molecule is O=c1n(C2CC2)c2nccnc2n1[C@H]1C[C@H](Nc2nc3ccccc3o2)C1. The minimum Gasteiger partial charge on any atom is -0.424 e. The number of hydrogen-bond acceptors (Lipinski definition) is 6. The van der Waals surface area contributed by atoms with Gasteiger partial charge < -0.3 is 9.73 Å². The largest absolute Gasteiger partial charge is 0.424 e. The normalized spacial score (nSPS) is 22.2. The lowest BCUT2D eigenvalue weighted by Crippen LogP contribution is -2.41. The second kappa shape index (κ2) is 5.42. The third kappa shape index (κ3) is 2.29. The molecule has 0 saturated heterocycles. The smallest absolute Gasteiger partial charge is 0.332 e. The van der Waals surface area contributed by atoms with Crippen molar-refractivity contribution < 1.29 is 4.42 Å². The van der Waals surface area contributed by atoms with Crippen molar-refractivity contribution >= 4 is 28.4 Å². The Balaban J connectivity index is 1.26. The average molecular weight is 362 g/mol. The first-order valence-electron chi connectivity index (χ1n) is 9.33. The number of nitrogens with zero attached hydrogens (tertiary/aromatic N) is 5. The maximum atomic E-state index is 13.0. The van der Waals surface area contributed by atoms with E-state index in [1.807, 2.05) is 33.4 Å². The Labute approximate surface area is 153 Å². The Bertz CT molecular complexity index is 1180. The van der Waals surface area contributed by atoms with Gasteiger partial charge in [0.1, 0.15) is 5.52 Å². The molecule has 8 heteroatoms. The van der Waals surface area contributed by atoms with Crippen molar-refractivity contribution in [2.24, 2.45) is 0 Å². The van der Waals surface area contributed by atoms with Crippen LogP contribution in [0.25, 0.3) is 22.4 Å². The van der Waals surface area contributed by atoms with E-state index < -0.39 is 0 Å². The molecule has 4 aromatic rings. The van der Waals surface area contributed by atoms with E-state index in [4.69, 9.17) is 4.42 Å². The summed E-state index contributed by atoms with van der Waals surface area (Å²) in [6.45, 7) is 0. The van der Waals surface area contributed by atoms with E-state index in [1.165, 1.54) is 0 Å². The zero-order valence-electron chi connectivity index (χ0n) is 14.6. The molecular formula is C19H18N6O2. The lowest BCUT2D eigenvalue weighted by atomic mass is 9.86. The van der Waals surface area contributed by atoms with Crippen molar-refractivity contribution in [2.75, 3.05) is 5.32 Å². The fourth-order valence-corrected chi connectivity index (χ4v) is 3.98. The van der Waals surface area contributed by atoms with Crippen molar-refractivity contribution in [3.8, 4) is 0 Å². The van der Waals surface area contributed by atoms with Crippen LogP contribution in [0.3, 0.4) is 0 Å². The third-order valence-corrected chi connectivity index (χ3v) is 5.54. The molecule has 3 heterocycles. The van der Waals surface area contributed by atoms with Crippen LogP contribution in [0.15, 0.2) is 45.9 Å². The maximum Gasteiger partial charge on any atom is 0.332 e. The van der Waals surface area contributed by atoms with Crippen LogP contribution in [-0.4, -0.2) is 30.1 Å². The molecule has 27 heavy (non-hydrogen) atoms. The Hall–Kier alpha value is -3.16. The lowest BCUT2D eigenvalue weighted by Gasteiger charge is -2.35. The van der Waals surface area contributed by atoms with Crippen LogP contribution in [0, 0.1) is 0 Å². The molecule has 2 saturated carbocycles. The molecule has 3 aromatic heterocycles. The third-order valence-electron chi connectivity index (χ3n) is 5.54. The van der Waals surface area contributed by atoms with E-state index >= 15 is 0 Å². The highest BCUT2D eigenvalue weighted by Gasteiger charge is 2.37. The van der Waals surface area contributed by atoms with Crippen molar-refractivity contribution in [3.05, 3.63) is 47.1 Å². The summed E-state index contributed by atoms with van der Waals surface area (Å²) in [6.07, 6.45) is 7.06. The minimum absolute atomic E-state index is 0.0176. The lowest BCUT2D eigenvalue weighted by molar-refractivity contribution is 0.276. The van der Waals surface area contributed by atoms with Crippen LogP contribution in [0.1, 0.15) is 37.8 Å². The van der Waals surface area contributed by atoms with Crippen LogP contribution in [0.5, 0.6) is 0 Å². The molecule has 2 aliphatic carbocycles. The summed E-state index contributed by atoms with van der Waals surface area (Å²) in [5, 5.41) is 3.34. The van der Waals surface area contributed by atoms with E-state index in [1.54, 1.807) is 12.4 Å². The van der Waals surface area contributed by atoms with Crippen molar-refractivity contribution in [3.63, 3.8) is 0 Å². The predicted octanol–water partition coefficient (Wildman–Crippen LogP) is 2.88. The molecule has 0 amide bonds. The van der Waals surface area contributed by atoms with Crippen LogP contribution >= 0.6 is 0 Å². The Morgan fingerprint density at radius 1 is 1.00 bits per heavy atom. The number of benzene rings is 1. The molecule has 0 aliphatic heterocycles. The molecule has 6 rings (SSSR count). The number of para-hydroxylation sites is 2. The fourth-order valence-electron chi connectivity index (χ4n) is 3.98. The van der Waals surface area contributed by atoms with Gasteiger partial charge in [0.25, 0.3) is 6.01 Å². The number of anilines is 1. The van der Waals surface area contributed by atoms with Crippen molar-refractivity contribution in [1.29, 1.82) is 0 Å². The average Bonchev–Trinajstić information content (AvgIpc) is 3.32. The highest BCUT2D eigenvalue weighted by Crippen LogP contribution is 2.39. The van der Waals surface area contributed by atoms with E-state index in [-0.39, 0.29) is 23.8 Å². The molecular weight excluding hydrogens is 344 g/mol. The van der Waals surface area contributed by atoms with Crippen molar-refractivity contribution in [1.82, 2.24) is 24.1 Å². The van der Waals surface area contributed by atoms with Gasteiger partial charge in [-0.3, -0.25) is 9.13 Å². The van der Waals surface area contributed by atoms with Gasteiger partial charge in [0, 0.05) is 30.5 Å². The Kier molecular flexibility index (Phi) is 3.00. The van der Waals surface area contributed by atoms with Gasteiger partial charge in [-0.2, -0.15) is 4.98 Å². The second-order valence-corrected chi connectivity index (χ2v) is 7.41. The van der Waals surface area contributed by atoms with Gasteiger partial charge in [-0.1, -0.05) is 12.1 Å². The number of nitrogens with one attached hydrogen (secondary N) is 1. The molecule has 0 spiro atoms. The van der Waals surface area contributed by atoms with E-state index in [2.05, 4.69) is 20.3 Å². The molecule has 0 atom stereocenters. The first-order valence-corrected chi connectivity index (χ1v) is 9.33. The summed E-state index contributed by atoms with van der Waals surface area (Å²) >= 11 is 0. The molecule has 1 N–H and O–H groups in total. The highest BCUT2D eigenvalue weighted by atomic mass is 16.4. The van der Waals surface area contributed by atoms with Crippen LogP contribution < -0.4 is 11.0 Å². The molecule has 1 aromatic carbocycles. The van der Waals surface area contributed by atoms with E-state index in [0.29, 0.717) is 17.3 Å². The Morgan fingerprint density at radius 3 is 2.41 bits per heavy atom. The number of hydrogen-bond donors (Lipinski definition) is 1. The van der Waals surface area contributed by atoms with Gasteiger partial charge in [-0.25, -0.2) is 14.8 Å². The molecule has 2 fully saturated rings. The van der Waals surface area contributed by atoms with E-state index in [0.717, 1.165) is 36.8 Å². The molecule has 8 nitrogen and oxygen atoms in total. The van der Waals surface area contributed by atoms with Gasteiger partial charge >= 0.3 is 5.69 Å². The number of imidazole rings is 1. The summed E-state index contributed by atoms with van der Waals surface area (Å²) in [5.74, 6) is 0. The quantitative estimate of drug-likeness (QED) is 0.600. The summed E-state index contributed by atoms with van der Waals surface area (Å²) in [5.41, 5.74) is 3.04. The highest BCUT2D eigenvalue weighted by molar-refractivity contribution is 5.74. The van der Waals surface area contributed by atoms with Gasteiger partial charge in [0.05, 0.1) is 0 Å². The number of oxazole rings is 1. The van der Waals surface area contributed by atoms with Gasteiger partial charge in [0.15, 0.2) is 16.9 Å². The van der Waals surface area contributed by atoms with Gasteiger partial charge in [0.2, 0.25) is 0 Å². The maximum absolute atomic E-state index is 13.0. The molecule has 0 radical (unpaired) electrons. The number of rotatable bonds is 4. The number of aromatic nitrogens is 5. The van der Waals surface area contributed by atoms with Crippen molar-refractivity contribution in [2.45, 2.75) is 43.8 Å². The summed E-state index contributed by atoms with van der Waals surface area (Å²) in [7, 11) is 0. The zero-order chi connectivity index (χ0) is 18.0. The minimum atomic E-state index is 0.0176. The summed E-state index contributed by atoms with van der Waals surface area (Å²) in [6, 6.07) is 8.88. The first kappa shape index (κ1) is 15.0. The predicted molar refractivity (Wildman–Crippen MR) is 99.7 cm³/mol. The molecule has 0 bridgehead atoms. The molecule has 136 valence electrons. The number of fused-ring (bicyclic) bond motifs is 2. The topological polar surface area (TPSA) is 90.8 Å². The second-order valence-electron chi connectivity index (χ2n) is 7.41. The summed E-state index contributed by atoms with van der Waals surface area (Å²) in [4.78, 5) is 26.3. The Morgan fingerprint density at radius 2 is 1.70 bits per heavy atom. The first-order chi connectivity index (χ1) is 13.3. The van der Waals surface area contributed by atoms with Gasteiger partial charge in [-0.15, -0.1) is 0 Å². The zero-order valence-corrected chi connectivity index (χ0v) is 14.6. The monoisotopic (exact) mass is 362 g/mol. The fraction of sp³-hybridized carbons (Fsp3) is 0.368. The van der Waals surface area contributed by atoms with Crippen LogP contribution in [0.2, 0.25) is 0 Å². The summed E-state index contributed by atoms with van der Waals surface area (Å²) < 4.78 is 9.38. The van der Waals surface area contributed by atoms with Gasteiger partial charge in [-0.05, 0) is 37.8 Å². The molecule has 0 unspecified atom stereocenters.